The maximum Gasteiger partial charge on any atom is 0.261 e. The summed E-state index contributed by atoms with van der Waals surface area (Å²) in [6.07, 6.45) is 7.02. The third-order valence-electron chi connectivity index (χ3n) is 4.22. The summed E-state index contributed by atoms with van der Waals surface area (Å²) in [5, 5.41) is 3.44. The molecular formula is C21H19NO3S. The standard InChI is InChI=1S/C21H19NO3S/c1-14-2-11-20(26-14)21(23)22-17-8-5-15(6-9-17)3-4-16-7-10-18-19(12-16)25-13-24-18/h3-12,14H,2,13H2,1H3,(H,22,23)/b4-3+. The molecule has 1 atom stereocenters. The highest BCUT2D eigenvalue weighted by molar-refractivity contribution is 8.04. The fourth-order valence-corrected chi connectivity index (χ4v) is 3.79. The Bertz CT molecular complexity index is 887. The Labute approximate surface area is 156 Å². The van der Waals surface area contributed by atoms with Gasteiger partial charge in [-0.1, -0.05) is 43.4 Å². The second-order valence-corrected chi connectivity index (χ2v) is 7.73. The van der Waals surface area contributed by atoms with Crippen molar-refractivity contribution in [2.75, 3.05) is 12.1 Å². The molecule has 5 heteroatoms. The van der Waals surface area contributed by atoms with Crippen LogP contribution in [0.1, 0.15) is 24.5 Å². The van der Waals surface area contributed by atoms with Crippen LogP contribution in [-0.4, -0.2) is 18.0 Å². The third-order valence-corrected chi connectivity index (χ3v) is 5.42. The molecule has 0 spiro atoms. The van der Waals surface area contributed by atoms with E-state index in [-0.39, 0.29) is 12.7 Å². The average Bonchev–Trinajstić information content (AvgIpc) is 3.29. The van der Waals surface area contributed by atoms with Crippen LogP contribution in [0, 0.1) is 0 Å². The highest BCUT2D eigenvalue weighted by Crippen LogP contribution is 2.33. The number of allylic oxidation sites excluding steroid dienone is 1. The summed E-state index contributed by atoms with van der Waals surface area (Å²) >= 11 is 1.63. The van der Waals surface area contributed by atoms with Gasteiger partial charge in [-0.25, -0.2) is 0 Å². The Hall–Kier alpha value is -2.66. The highest BCUT2D eigenvalue weighted by Gasteiger charge is 2.19. The quantitative estimate of drug-likeness (QED) is 0.780. The molecule has 0 saturated carbocycles. The smallest absolute Gasteiger partial charge is 0.261 e. The van der Waals surface area contributed by atoms with Crippen LogP contribution in [0.4, 0.5) is 5.69 Å². The van der Waals surface area contributed by atoms with Gasteiger partial charge in [0.1, 0.15) is 0 Å². The van der Waals surface area contributed by atoms with Crippen molar-refractivity contribution in [1.29, 1.82) is 0 Å². The van der Waals surface area contributed by atoms with E-state index in [2.05, 4.69) is 12.2 Å². The molecule has 2 heterocycles. The molecule has 4 nitrogen and oxygen atoms in total. The number of hydrogen-bond donors (Lipinski definition) is 1. The molecule has 0 aliphatic carbocycles. The molecule has 2 aromatic rings. The van der Waals surface area contributed by atoms with Crippen molar-refractivity contribution < 1.29 is 14.3 Å². The molecule has 0 radical (unpaired) electrons. The SMILES string of the molecule is CC1CC=C(C(=O)Nc2ccc(/C=C/c3ccc4c(c3)OCO4)cc2)S1. The molecule has 1 N–H and O–H groups in total. The largest absolute Gasteiger partial charge is 0.454 e. The van der Waals surface area contributed by atoms with Crippen molar-refractivity contribution in [2.24, 2.45) is 0 Å². The van der Waals surface area contributed by atoms with E-state index in [1.54, 1.807) is 11.8 Å². The first-order valence-electron chi connectivity index (χ1n) is 8.53. The van der Waals surface area contributed by atoms with Crippen molar-refractivity contribution in [2.45, 2.75) is 18.6 Å². The van der Waals surface area contributed by atoms with Gasteiger partial charge in [0.05, 0.1) is 4.91 Å². The van der Waals surface area contributed by atoms with E-state index in [0.717, 1.165) is 39.6 Å². The summed E-state index contributed by atoms with van der Waals surface area (Å²) in [5.74, 6) is 1.54. The number of hydrogen-bond acceptors (Lipinski definition) is 4. The number of amides is 1. The molecule has 1 amide bonds. The minimum atomic E-state index is -0.0250. The van der Waals surface area contributed by atoms with Crippen LogP contribution in [0.3, 0.4) is 0 Å². The summed E-state index contributed by atoms with van der Waals surface area (Å²) in [6, 6.07) is 13.7. The second-order valence-electron chi connectivity index (χ2n) is 6.25. The number of benzene rings is 2. The molecule has 4 rings (SSSR count). The minimum absolute atomic E-state index is 0.0250. The van der Waals surface area contributed by atoms with Crippen LogP contribution >= 0.6 is 11.8 Å². The van der Waals surface area contributed by atoms with E-state index >= 15 is 0 Å². The van der Waals surface area contributed by atoms with Gasteiger partial charge in [-0.2, -0.15) is 0 Å². The van der Waals surface area contributed by atoms with Gasteiger partial charge in [-0.3, -0.25) is 4.79 Å². The minimum Gasteiger partial charge on any atom is -0.454 e. The third kappa shape index (κ3) is 3.78. The van der Waals surface area contributed by atoms with E-state index in [9.17, 15) is 4.79 Å². The highest BCUT2D eigenvalue weighted by atomic mass is 32.2. The van der Waals surface area contributed by atoms with Crippen molar-refractivity contribution >= 4 is 35.5 Å². The van der Waals surface area contributed by atoms with Crippen molar-refractivity contribution in [1.82, 2.24) is 0 Å². The van der Waals surface area contributed by atoms with E-state index in [1.807, 2.05) is 60.7 Å². The summed E-state index contributed by atoms with van der Waals surface area (Å²) in [6.45, 7) is 2.41. The summed E-state index contributed by atoms with van der Waals surface area (Å²) in [5.41, 5.74) is 2.91. The zero-order chi connectivity index (χ0) is 17.9. The van der Waals surface area contributed by atoms with Gasteiger partial charge in [-0.05, 0) is 41.8 Å². The number of thioether (sulfide) groups is 1. The normalized spacial score (nSPS) is 18.2. The Morgan fingerprint density at radius 3 is 2.58 bits per heavy atom. The van der Waals surface area contributed by atoms with Crippen molar-refractivity contribution in [3.8, 4) is 11.5 Å². The number of rotatable bonds is 4. The van der Waals surface area contributed by atoms with Crippen molar-refractivity contribution in [3.63, 3.8) is 0 Å². The van der Waals surface area contributed by atoms with Gasteiger partial charge in [-0.15, -0.1) is 11.8 Å². The number of anilines is 1. The first kappa shape index (κ1) is 16.8. The lowest BCUT2D eigenvalue weighted by Gasteiger charge is -2.07. The van der Waals surface area contributed by atoms with E-state index in [0.29, 0.717) is 5.25 Å². The Morgan fingerprint density at radius 2 is 1.81 bits per heavy atom. The number of carbonyl (C=O) groups excluding carboxylic acids is 1. The molecule has 0 saturated heterocycles. The molecule has 0 fully saturated rings. The van der Waals surface area contributed by atoms with E-state index in [1.165, 1.54) is 0 Å². The van der Waals surface area contributed by atoms with E-state index < -0.39 is 0 Å². The molecular weight excluding hydrogens is 346 g/mol. The fourth-order valence-electron chi connectivity index (χ4n) is 2.81. The monoisotopic (exact) mass is 365 g/mol. The molecule has 2 aliphatic heterocycles. The average molecular weight is 365 g/mol. The lowest BCUT2D eigenvalue weighted by molar-refractivity contribution is -0.112. The maximum atomic E-state index is 12.2. The number of fused-ring (bicyclic) bond motifs is 1. The molecule has 132 valence electrons. The van der Waals surface area contributed by atoms with Crippen LogP contribution in [-0.2, 0) is 4.79 Å². The van der Waals surface area contributed by atoms with Crippen LogP contribution in [0.15, 0.2) is 53.4 Å². The van der Waals surface area contributed by atoms with Gasteiger partial charge >= 0.3 is 0 Å². The predicted octanol–water partition coefficient (Wildman–Crippen LogP) is 4.93. The van der Waals surface area contributed by atoms with Gasteiger partial charge in [0, 0.05) is 10.9 Å². The topological polar surface area (TPSA) is 47.6 Å². The molecule has 0 aromatic heterocycles. The van der Waals surface area contributed by atoms with Gasteiger partial charge in [0.15, 0.2) is 11.5 Å². The fraction of sp³-hybridized carbons (Fsp3) is 0.190. The molecule has 26 heavy (non-hydrogen) atoms. The maximum absolute atomic E-state index is 12.2. The van der Waals surface area contributed by atoms with Crippen molar-refractivity contribution in [3.05, 3.63) is 64.6 Å². The van der Waals surface area contributed by atoms with E-state index in [4.69, 9.17) is 9.47 Å². The van der Waals surface area contributed by atoms with Crippen LogP contribution in [0.2, 0.25) is 0 Å². The van der Waals surface area contributed by atoms with Crippen LogP contribution in [0.25, 0.3) is 12.2 Å². The molecule has 2 aliphatic rings. The summed E-state index contributed by atoms with van der Waals surface area (Å²) in [7, 11) is 0. The molecule has 0 bridgehead atoms. The number of nitrogens with one attached hydrogen (secondary N) is 1. The first-order valence-corrected chi connectivity index (χ1v) is 9.41. The lowest BCUT2D eigenvalue weighted by Crippen LogP contribution is -2.11. The van der Waals surface area contributed by atoms with Gasteiger partial charge in [0.25, 0.3) is 5.91 Å². The molecule has 2 aromatic carbocycles. The van der Waals surface area contributed by atoms with Gasteiger partial charge < -0.3 is 14.8 Å². The zero-order valence-electron chi connectivity index (χ0n) is 14.4. The number of carbonyl (C=O) groups is 1. The Balaban J connectivity index is 1.39. The lowest BCUT2D eigenvalue weighted by atomic mass is 10.1. The zero-order valence-corrected chi connectivity index (χ0v) is 15.2. The Kier molecular flexibility index (Phi) is 4.71. The number of ether oxygens (including phenoxy) is 2. The summed E-state index contributed by atoms with van der Waals surface area (Å²) in [4.78, 5) is 13.0. The molecule has 1 unspecified atom stereocenters. The van der Waals surface area contributed by atoms with Gasteiger partial charge in [0.2, 0.25) is 6.79 Å². The summed E-state index contributed by atoms with van der Waals surface area (Å²) < 4.78 is 10.7. The Morgan fingerprint density at radius 1 is 1.08 bits per heavy atom. The predicted molar refractivity (Wildman–Crippen MR) is 106 cm³/mol. The second kappa shape index (κ2) is 7.30. The van der Waals surface area contributed by atoms with Crippen LogP contribution in [0.5, 0.6) is 11.5 Å². The van der Waals surface area contributed by atoms with Crippen LogP contribution < -0.4 is 14.8 Å². The first-order chi connectivity index (χ1) is 12.7.